The lowest BCUT2D eigenvalue weighted by atomic mass is 10.1. The Balaban J connectivity index is 1.30. The lowest BCUT2D eigenvalue weighted by Crippen LogP contribution is -2.11. The Labute approximate surface area is 198 Å². The Morgan fingerprint density at radius 2 is 1.65 bits per heavy atom. The van der Waals surface area contributed by atoms with Crippen molar-refractivity contribution in [3.05, 3.63) is 77.9 Å². The largest absolute Gasteiger partial charge is 0.416 e. The van der Waals surface area contributed by atoms with Crippen molar-refractivity contribution >= 4 is 44.2 Å². The molecule has 9 heteroatoms. The third kappa shape index (κ3) is 4.55. The van der Waals surface area contributed by atoms with Gasteiger partial charge in [0.05, 0.1) is 10.2 Å². The van der Waals surface area contributed by atoms with E-state index in [4.69, 9.17) is 4.42 Å². The Morgan fingerprint density at radius 1 is 0.882 bits per heavy atom. The lowest BCUT2D eigenvalue weighted by Gasteiger charge is -2.02. The van der Waals surface area contributed by atoms with Crippen LogP contribution in [0.2, 0.25) is 0 Å². The Morgan fingerprint density at radius 3 is 2.38 bits per heavy atom. The topological polar surface area (TPSA) is 110 Å². The number of aromatic nitrogens is 3. The maximum Gasteiger partial charge on any atom is 0.257 e. The van der Waals surface area contributed by atoms with Crippen LogP contribution in [0.4, 0.5) is 10.8 Å². The summed E-state index contributed by atoms with van der Waals surface area (Å²) in [5.41, 5.74) is 4.58. The smallest absolute Gasteiger partial charge is 0.257 e. The highest BCUT2D eigenvalue weighted by Gasteiger charge is 2.14. The van der Waals surface area contributed by atoms with Crippen molar-refractivity contribution in [3.63, 3.8) is 0 Å². The predicted molar refractivity (Wildman–Crippen MR) is 132 cm³/mol. The highest BCUT2D eigenvalue weighted by Crippen LogP contribution is 2.29. The van der Waals surface area contributed by atoms with Crippen molar-refractivity contribution in [2.75, 3.05) is 10.6 Å². The van der Waals surface area contributed by atoms with Gasteiger partial charge in [-0.05, 0) is 61.5 Å². The molecular formula is C25H19N5O3S. The number of aryl methyl sites for hydroxylation is 1. The zero-order valence-electron chi connectivity index (χ0n) is 18.3. The normalized spacial score (nSPS) is 10.9. The zero-order chi connectivity index (χ0) is 23.7. The van der Waals surface area contributed by atoms with Gasteiger partial charge in [0.1, 0.15) is 0 Å². The molecule has 3 aromatic carbocycles. The van der Waals surface area contributed by atoms with Crippen LogP contribution in [0.15, 0.2) is 71.1 Å². The van der Waals surface area contributed by atoms with Crippen LogP contribution in [0.3, 0.4) is 0 Å². The van der Waals surface area contributed by atoms with Gasteiger partial charge in [0.15, 0.2) is 5.13 Å². The molecule has 0 saturated heterocycles. The van der Waals surface area contributed by atoms with Crippen LogP contribution >= 0.6 is 11.3 Å². The number of thiazole rings is 1. The second-order valence-electron chi connectivity index (χ2n) is 7.70. The molecule has 2 amide bonds. The van der Waals surface area contributed by atoms with E-state index in [1.807, 2.05) is 37.3 Å². The van der Waals surface area contributed by atoms with E-state index in [1.165, 1.54) is 18.3 Å². The number of fused-ring (bicyclic) bond motifs is 1. The molecule has 5 aromatic rings. The van der Waals surface area contributed by atoms with Gasteiger partial charge in [0.2, 0.25) is 17.7 Å². The second kappa shape index (κ2) is 8.87. The van der Waals surface area contributed by atoms with E-state index in [0.717, 1.165) is 21.3 Å². The molecule has 0 aliphatic carbocycles. The maximum absolute atomic E-state index is 12.7. The van der Waals surface area contributed by atoms with Crippen LogP contribution in [-0.4, -0.2) is 27.0 Å². The highest BCUT2D eigenvalue weighted by molar-refractivity contribution is 7.22. The third-order valence-electron chi connectivity index (χ3n) is 5.01. The van der Waals surface area contributed by atoms with Crippen LogP contribution in [0.1, 0.15) is 22.8 Å². The van der Waals surface area contributed by atoms with Crippen LogP contribution in [0, 0.1) is 6.92 Å². The first-order valence-corrected chi connectivity index (χ1v) is 11.3. The fraction of sp³-hybridized carbons (Fsp3) is 0.0800. The molecule has 0 spiro atoms. The molecule has 0 radical (unpaired) electrons. The van der Waals surface area contributed by atoms with Crippen LogP contribution in [0.25, 0.3) is 33.1 Å². The summed E-state index contributed by atoms with van der Waals surface area (Å²) in [6.45, 7) is 3.46. The Bertz CT molecular complexity index is 1520. The minimum Gasteiger partial charge on any atom is -0.416 e. The van der Waals surface area contributed by atoms with Crippen LogP contribution in [0.5, 0.6) is 0 Å². The minimum atomic E-state index is -0.279. The van der Waals surface area contributed by atoms with E-state index in [9.17, 15) is 9.59 Å². The minimum absolute atomic E-state index is 0.146. The van der Waals surface area contributed by atoms with Crippen molar-refractivity contribution in [2.45, 2.75) is 13.8 Å². The maximum atomic E-state index is 12.7. The molecule has 2 N–H and O–H groups in total. The van der Waals surface area contributed by atoms with Crippen LogP contribution in [-0.2, 0) is 4.79 Å². The first-order chi connectivity index (χ1) is 16.4. The second-order valence-corrected chi connectivity index (χ2v) is 8.73. The molecule has 2 aromatic heterocycles. The fourth-order valence-corrected chi connectivity index (χ4v) is 4.33. The number of nitrogens with zero attached hydrogens (tertiary/aromatic N) is 3. The van der Waals surface area contributed by atoms with Crippen molar-refractivity contribution in [1.82, 2.24) is 15.2 Å². The molecule has 0 aliphatic rings. The van der Waals surface area contributed by atoms with Crippen molar-refractivity contribution < 1.29 is 14.0 Å². The summed E-state index contributed by atoms with van der Waals surface area (Å²) in [4.78, 5) is 28.4. The monoisotopic (exact) mass is 469 g/mol. The quantitative estimate of drug-likeness (QED) is 0.350. The molecule has 0 saturated carbocycles. The first-order valence-electron chi connectivity index (χ1n) is 10.4. The number of amides is 2. The van der Waals surface area contributed by atoms with Crippen molar-refractivity contribution in [2.24, 2.45) is 0 Å². The van der Waals surface area contributed by atoms with Gasteiger partial charge in [-0.25, -0.2) is 4.98 Å². The van der Waals surface area contributed by atoms with Gasteiger partial charge >= 0.3 is 0 Å². The molecule has 0 bridgehead atoms. The number of hydrogen-bond acceptors (Lipinski definition) is 7. The Kier molecular flexibility index (Phi) is 5.60. The average Bonchev–Trinajstić information content (AvgIpc) is 3.45. The third-order valence-corrected chi connectivity index (χ3v) is 5.95. The molecule has 0 fully saturated rings. The summed E-state index contributed by atoms with van der Waals surface area (Å²) in [7, 11) is 0. The van der Waals surface area contributed by atoms with Crippen molar-refractivity contribution in [3.8, 4) is 22.9 Å². The number of hydrogen-bond donors (Lipinski definition) is 2. The molecule has 5 rings (SSSR count). The van der Waals surface area contributed by atoms with E-state index >= 15 is 0 Å². The molecule has 8 nitrogen and oxygen atoms in total. The van der Waals surface area contributed by atoms with E-state index < -0.39 is 0 Å². The summed E-state index contributed by atoms with van der Waals surface area (Å²) >= 11 is 1.34. The van der Waals surface area contributed by atoms with E-state index in [1.54, 1.807) is 36.4 Å². The molecule has 2 heterocycles. The average molecular weight is 470 g/mol. The van der Waals surface area contributed by atoms with Gasteiger partial charge in [0.25, 0.3) is 5.91 Å². The zero-order valence-corrected chi connectivity index (χ0v) is 19.1. The Hall–Kier alpha value is -4.37. The van der Waals surface area contributed by atoms with E-state index in [0.29, 0.717) is 33.7 Å². The highest BCUT2D eigenvalue weighted by atomic mass is 32.1. The van der Waals surface area contributed by atoms with E-state index in [-0.39, 0.29) is 11.8 Å². The standard InChI is InChI=1S/C25H19N5O3S/c1-14-4-3-5-18(12-14)24-30-29-23(33-24)17-8-6-16(7-9-17)22(32)28-25-27-20-11-10-19(26-15(2)31)13-21(20)34-25/h3-13H,1-2H3,(H,26,31)(H,27,28,32). The molecule has 0 aliphatic heterocycles. The van der Waals surface area contributed by atoms with E-state index in [2.05, 4.69) is 25.8 Å². The van der Waals surface area contributed by atoms with Crippen molar-refractivity contribution in [1.29, 1.82) is 0 Å². The van der Waals surface area contributed by atoms with Gasteiger partial charge in [-0.3, -0.25) is 14.9 Å². The SMILES string of the molecule is CC(=O)Nc1ccc2nc(NC(=O)c3ccc(-c4nnc(-c5cccc(C)c5)o4)cc3)sc2c1. The lowest BCUT2D eigenvalue weighted by molar-refractivity contribution is -0.114. The number of nitrogens with one attached hydrogen (secondary N) is 2. The summed E-state index contributed by atoms with van der Waals surface area (Å²) in [5.74, 6) is 0.397. The van der Waals surface area contributed by atoms with Gasteiger partial charge in [-0.2, -0.15) is 0 Å². The first kappa shape index (κ1) is 21.5. The number of carbonyl (C=O) groups excluding carboxylic acids is 2. The summed E-state index contributed by atoms with van der Waals surface area (Å²) in [5, 5.41) is 14.3. The number of rotatable bonds is 5. The number of carbonyl (C=O) groups is 2. The molecule has 34 heavy (non-hydrogen) atoms. The van der Waals surface area contributed by atoms with Gasteiger partial charge in [0, 0.05) is 29.3 Å². The number of anilines is 2. The fourth-order valence-electron chi connectivity index (χ4n) is 3.43. The van der Waals surface area contributed by atoms with Gasteiger partial charge in [-0.1, -0.05) is 29.0 Å². The predicted octanol–water partition coefficient (Wildman–Crippen LogP) is 5.53. The molecular weight excluding hydrogens is 450 g/mol. The molecule has 0 unspecified atom stereocenters. The summed E-state index contributed by atoms with van der Waals surface area (Å²) in [6.07, 6.45) is 0. The summed E-state index contributed by atoms with van der Waals surface area (Å²) < 4.78 is 6.68. The summed E-state index contributed by atoms with van der Waals surface area (Å²) in [6, 6.07) is 20.2. The van der Waals surface area contributed by atoms with Crippen LogP contribution < -0.4 is 10.6 Å². The molecule has 0 atom stereocenters. The van der Waals surface area contributed by atoms with Gasteiger partial charge < -0.3 is 9.73 Å². The number of benzene rings is 3. The molecule has 168 valence electrons. The van der Waals surface area contributed by atoms with Gasteiger partial charge in [-0.15, -0.1) is 10.2 Å².